The molecule has 0 aromatic heterocycles. The van der Waals surface area contributed by atoms with Gasteiger partial charge in [-0.15, -0.1) is 0 Å². The summed E-state index contributed by atoms with van der Waals surface area (Å²) in [6.07, 6.45) is -68.5. The van der Waals surface area contributed by atoms with Gasteiger partial charge in [0.05, 0.1) is 19.8 Å². The minimum atomic E-state index is -6.38. The van der Waals surface area contributed by atoms with Gasteiger partial charge in [0.25, 0.3) is 0 Å². The second-order valence-corrected chi connectivity index (χ2v) is 29.4. The van der Waals surface area contributed by atoms with Crippen molar-refractivity contribution in [3.05, 3.63) is 0 Å². The number of carboxylic acid groups (broad SMARTS) is 2. The second kappa shape index (κ2) is 34.4. The standard InChI is InChI=1S/C36H60O55S9/c1-68-13-10(7-74-92(41,42)43)78-34(26(16(13)69-2)88-97(56,57)58)82-19-17(70-3)25(72-5)33(84-23(19)30(37)38)80-15-12(9-76-94(47,48)49)79-35(29(91-100(65,66)67)22(15)87-96(53,54)55)83-20-18(71-4)27(89-98(59,60)61)36(85-24(20)31(39)40)81-14-11(8-75-93(44,45)46)77-32(73-6)28(90-99(62,63)64)21(14)86-95(50,51)52/h10-29,32-36H,7-9H2,1-6H3,(H,37,38)(H,39,40)(H,41,42,43)(H,44,45,46)(H,47,48,49)(H,50,51,52)(H,53,54,55)(H,56,57,58)(H,59,60,61)(H,62,63,64)(H,65,66,67)/t10-,11-,12-,13-,14-,15-,16+,17+,18+,19+,20+,21+,22+,23+,24-,25-,26-,27-,28-,29-,32+,33-,34+,35+,36-/m1/s1. The van der Waals surface area contributed by atoms with E-state index in [0.717, 1.165) is 21.3 Å². The molecule has 0 amide bonds. The van der Waals surface area contributed by atoms with Gasteiger partial charge in [0, 0.05) is 42.7 Å². The van der Waals surface area contributed by atoms with Crippen LogP contribution in [0.3, 0.4) is 0 Å². The number of carbonyl (C=O) groups is 2. The highest BCUT2D eigenvalue weighted by Gasteiger charge is 2.63. The molecule has 25 atom stereocenters. The summed E-state index contributed by atoms with van der Waals surface area (Å²) in [6.45, 7) is -4.97. The Bertz CT molecular complexity index is 3850. The minimum Gasteiger partial charge on any atom is -0.479 e. The zero-order chi connectivity index (χ0) is 76.2. The molecule has 55 nitrogen and oxygen atoms in total. The summed E-state index contributed by atoms with van der Waals surface area (Å²) in [5, 5.41) is 21.4. The average molecular weight is 1660 g/mol. The maximum absolute atomic E-state index is 13.4. The van der Waals surface area contributed by atoms with Crippen LogP contribution in [0.25, 0.3) is 0 Å². The molecule has 0 aliphatic carbocycles. The molecule has 5 fully saturated rings. The van der Waals surface area contributed by atoms with Crippen LogP contribution in [0.5, 0.6) is 0 Å². The van der Waals surface area contributed by atoms with Gasteiger partial charge < -0.3 is 81.3 Å². The zero-order valence-corrected chi connectivity index (χ0v) is 57.5. The van der Waals surface area contributed by atoms with Crippen LogP contribution in [0.15, 0.2) is 0 Å². The van der Waals surface area contributed by atoms with Crippen LogP contribution in [-0.2, 0) is 212 Å². The van der Waals surface area contributed by atoms with Crippen LogP contribution in [0.1, 0.15) is 0 Å². The Balaban J connectivity index is 1.69. The molecule has 0 radical (unpaired) electrons. The smallest absolute Gasteiger partial charge is 0.397 e. The monoisotopic (exact) mass is 1660 g/mol. The van der Waals surface area contributed by atoms with Crippen molar-refractivity contribution in [2.24, 2.45) is 0 Å². The lowest BCUT2D eigenvalue weighted by Crippen LogP contribution is -2.70. The van der Waals surface area contributed by atoms with Gasteiger partial charge in [-0.3, -0.25) is 41.0 Å². The Morgan fingerprint density at radius 1 is 0.260 bits per heavy atom. The summed E-state index contributed by atoms with van der Waals surface area (Å²) < 4.78 is 431. The zero-order valence-electron chi connectivity index (χ0n) is 50.1. The molecular weight excluding hydrogens is 1600 g/mol. The largest absolute Gasteiger partial charge is 0.479 e. The molecule has 5 heterocycles. The Kier molecular flexibility index (Phi) is 30.2. The molecule has 0 aromatic rings. The van der Waals surface area contributed by atoms with Gasteiger partial charge >= 0.3 is 106 Å². The molecule has 0 spiro atoms. The molecule has 0 aromatic carbocycles. The highest BCUT2D eigenvalue weighted by molar-refractivity contribution is 7.82. The number of methoxy groups -OCH3 is 6. The van der Waals surface area contributed by atoms with Crippen molar-refractivity contribution in [2.45, 2.75) is 154 Å². The first-order valence-electron chi connectivity index (χ1n) is 25.9. The summed E-state index contributed by atoms with van der Waals surface area (Å²) in [7, 11) is -49.6. The third kappa shape index (κ3) is 25.7. The third-order valence-electron chi connectivity index (χ3n) is 13.5. The van der Waals surface area contributed by atoms with E-state index in [1.54, 1.807) is 0 Å². The Morgan fingerprint density at radius 3 is 0.750 bits per heavy atom. The summed E-state index contributed by atoms with van der Waals surface area (Å²) in [6, 6.07) is 0. The van der Waals surface area contributed by atoms with Crippen molar-refractivity contribution in [3.63, 3.8) is 0 Å². The van der Waals surface area contributed by atoms with Gasteiger partial charge in [-0.1, -0.05) is 0 Å². The molecule has 5 aliphatic heterocycles. The molecule has 5 saturated heterocycles. The van der Waals surface area contributed by atoms with Crippen molar-refractivity contribution in [2.75, 3.05) is 62.5 Å². The maximum Gasteiger partial charge on any atom is 0.397 e. The molecule has 5 aliphatic rings. The van der Waals surface area contributed by atoms with E-state index in [9.17, 15) is 137 Å². The number of ether oxygens (including phenoxy) is 15. The van der Waals surface area contributed by atoms with Gasteiger partial charge in [0.1, 0.15) is 85.5 Å². The lowest BCUT2D eigenvalue weighted by molar-refractivity contribution is -0.385. The number of carboxylic acids is 2. The predicted octanol–water partition coefficient (Wildman–Crippen LogP) is -9.37. The highest BCUT2D eigenvalue weighted by Crippen LogP contribution is 2.42. The highest BCUT2D eigenvalue weighted by atomic mass is 32.3. The quantitative estimate of drug-likeness (QED) is 0.0257. The molecular formula is C36H60O55S9. The van der Waals surface area contributed by atoms with Crippen LogP contribution in [0.2, 0.25) is 0 Å². The normalized spacial score (nSPS) is 36.4. The van der Waals surface area contributed by atoms with E-state index in [2.05, 4.69) is 33.5 Å². The van der Waals surface area contributed by atoms with E-state index < -0.39 is 279 Å². The van der Waals surface area contributed by atoms with Crippen LogP contribution in [0.4, 0.5) is 0 Å². The van der Waals surface area contributed by atoms with Gasteiger partial charge in [0.2, 0.25) is 0 Å². The Labute approximate surface area is 564 Å². The van der Waals surface area contributed by atoms with Crippen LogP contribution < -0.4 is 0 Å². The molecule has 11 N–H and O–H groups in total. The lowest BCUT2D eigenvalue weighted by Gasteiger charge is -2.51. The van der Waals surface area contributed by atoms with Gasteiger partial charge in [-0.05, 0) is 0 Å². The fraction of sp³-hybridized carbons (Fsp3) is 0.944. The average Bonchev–Trinajstić information content (AvgIpc) is 0.759. The second-order valence-electron chi connectivity index (χ2n) is 19.9. The van der Waals surface area contributed by atoms with E-state index >= 15 is 0 Å². The van der Waals surface area contributed by atoms with Crippen molar-refractivity contribution in [3.8, 4) is 0 Å². The SMILES string of the molecule is CO[C@H]1O[C@H](COS(=O)(=O)O)[C@@H](O[C@@H]2O[C@@H](C(=O)O)[C@@H](O[C@@H]3O[C@H](COS(=O)(=O)O)[C@@H](O[C@@H]4O[C@H](C(=O)O)[C@@H](O[C@@H]5O[C@H](COS(=O)(=O)O)[C@@H](OC)[C@H](OC)[C@H]5OS(=O)(=O)O)[C@H](OC)[C@H]4OC)[C@H](OS(=O)(=O)O)[C@H]3OS(=O)(=O)O)[C@H](OC)[C@H]2OS(=O)(=O)O)[C@H](OS(=O)(=O)O)[C@H]1OS(=O)(=O)O. The predicted molar refractivity (Wildman–Crippen MR) is 290 cm³/mol. The Morgan fingerprint density at radius 2 is 0.480 bits per heavy atom. The van der Waals surface area contributed by atoms with Gasteiger partial charge in [-0.25, -0.2) is 47.2 Å². The lowest BCUT2D eigenvalue weighted by atomic mass is 9.95. The first kappa shape index (κ1) is 87.8. The number of rotatable bonds is 37. The summed E-state index contributed by atoms with van der Waals surface area (Å²) >= 11 is 0. The third-order valence-corrected chi connectivity index (χ3v) is 17.6. The summed E-state index contributed by atoms with van der Waals surface area (Å²) in [5.74, 6) is -4.75. The minimum absolute atomic E-state index is 0.424. The maximum atomic E-state index is 13.4. The molecule has 100 heavy (non-hydrogen) atoms. The van der Waals surface area contributed by atoms with E-state index in [1.807, 2.05) is 0 Å². The van der Waals surface area contributed by atoms with Crippen LogP contribution in [-0.4, -0.2) is 355 Å². The van der Waals surface area contributed by atoms with Gasteiger partial charge in [0.15, 0.2) is 68.1 Å². The van der Waals surface area contributed by atoms with E-state index in [1.165, 1.54) is 0 Å². The van der Waals surface area contributed by atoms with E-state index in [0.29, 0.717) is 21.3 Å². The van der Waals surface area contributed by atoms with Crippen molar-refractivity contribution in [1.29, 1.82) is 0 Å². The number of hydrogen-bond acceptors (Lipinski definition) is 44. The van der Waals surface area contributed by atoms with Crippen LogP contribution in [0, 0.1) is 0 Å². The van der Waals surface area contributed by atoms with Crippen molar-refractivity contribution >= 4 is 106 Å². The first-order valence-corrected chi connectivity index (χ1v) is 38.1. The van der Waals surface area contributed by atoms with Crippen molar-refractivity contribution < 1.29 is 245 Å². The molecule has 0 saturated carbocycles. The first-order chi connectivity index (χ1) is 45.5. The fourth-order valence-corrected chi connectivity index (χ4v) is 14.0. The molecule has 0 unspecified atom stereocenters. The van der Waals surface area contributed by atoms with Crippen LogP contribution >= 0.6 is 0 Å². The van der Waals surface area contributed by atoms with Crippen molar-refractivity contribution in [1.82, 2.24) is 0 Å². The fourth-order valence-electron chi connectivity index (χ4n) is 10.2. The Hall–Kier alpha value is -2.83. The van der Waals surface area contributed by atoms with Gasteiger partial charge in [-0.2, -0.15) is 75.8 Å². The van der Waals surface area contributed by atoms with E-state index in [-0.39, 0.29) is 0 Å². The van der Waals surface area contributed by atoms with E-state index in [4.69, 9.17) is 75.2 Å². The molecule has 0 bridgehead atoms. The number of hydrogen-bond donors (Lipinski definition) is 11. The topological polar surface area (TPSA) is 785 Å². The molecule has 5 rings (SSSR count). The molecule has 588 valence electrons. The molecule has 64 heteroatoms. The number of aliphatic carboxylic acids is 2. The summed E-state index contributed by atoms with van der Waals surface area (Å²) in [5.41, 5.74) is 0. The summed E-state index contributed by atoms with van der Waals surface area (Å²) in [4.78, 5) is 26.6.